The van der Waals surface area contributed by atoms with Crippen molar-refractivity contribution in [2.45, 2.75) is 6.61 Å². The summed E-state index contributed by atoms with van der Waals surface area (Å²) in [6.45, 7) is 0.341. The maximum atomic E-state index is 5.48. The lowest BCUT2D eigenvalue weighted by Gasteiger charge is -2.10. The van der Waals surface area contributed by atoms with Crippen LogP contribution in [0, 0.1) is 0 Å². The van der Waals surface area contributed by atoms with Crippen LogP contribution in [-0.4, -0.2) is 36.2 Å². The molecule has 0 amide bonds. The van der Waals surface area contributed by atoms with Crippen molar-refractivity contribution in [1.82, 2.24) is 15.0 Å². The average Bonchev–Trinajstić information content (AvgIpc) is 2.03. The van der Waals surface area contributed by atoms with Crippen LogP contribution in [0.15, 0.2) is 0 Å². The first kappa shape index (κ1) is 9.66. The highest BCUT2D eigenvalue weighted by atomic mass is 16.5. The van der Waals surface area contributed by atoms with Gasteiger partial charge >= 0.3 is 0 Å². The number of nitrogens with two attached hydrogens (primary N) is 1. The van der Waals surface area contributed by atoms with Crippen LogP contribution in [0.5, 0.6) is 0 Å². The molecule has 0 bridgehead atoms. The summed E-state index contributed by atoms with van der Waals surface area (Å²) in [5.41, 5.74) is 5.48. The third-order valence-corrected chi connectivity index (χ3v) is 1.36. The van der Waals surface area contributed by atoms with Gasteiger partial charge in [0.15, 0.2) is 5.82 Å². The number of aromatic nitrogens is 3. The Balaban J connectivity index is 2.96. The molecule has 72 valence electrons. The summed E-state index contributed by atoms with van der Waals surface area (Å²) in [4.78, 5) is 13.7. The monoisotopic (exact) mass is 183 g/mol. The molecule has 0 radical (unpaired) electrons. The van der Waals surface area contributed by atoms with Crippen LogP contribution in [-0.2, 0) is 11.3 Å². The number of ether oxygens (including phenoxy) is 1. The smallest absolute Gasteiger partial charge is 0.229 e. The van der Waals surface area contributed by atoms with E-state index in [1.807, 2.05) is 14.1 Å². The molecular weight excluding hydrogens is 170 g/mol. The van der Waals surface area contributed by atoms with Gasteiger partial charge < -0.3 is 15.4 Å². The highest BCUT2D eigenvalue weighted by Gasteiger charge is 2.04. The van der Waals surface area contributed by atoms with Crippen LogP contribution in [0.4, 0.5) is 11.9 Å². The molecule has 0 saturated carbocycles. The molecule has 1 aromatic heterocycles. The molecule has 13 heavy (non-hydrogen) atoms. The summed E-state index contributed by atoms with van der Waals surface area (Å²) in [5, 5.41) is 0. The van der Waals surface area contributed by atoms with Gasteiger partial charge in [0.1, 0.15) is 6.61 Å². The normalized spacial score (nSPS) is 10.1. The van der Waals surface area contributed by atoms with Gasteiger partial charge in [-0.05, 0) is 0 Å². The van der Waals surface area contributed by atoms with Crippen LogP contribution >= 0.6 is 0 Å². The topological polar surface area (TPSA) is 77.2 Å². The van der Waals surface area contributed by atoms with E-state index in [1.165, 1.54) is 0 Å². The maximum Gasteiger partial charge on any atom is 0.229 e. The Kier molecular flexibility index (Phi) is 2.97. The minimum atomic E-state index is 0.214. The summed E-state index contributed by atoms with van der Waals surface area (Å²) in [6, 6.07) is 0. The molecule has 0 spiro atoms. The second kappa shape index (κ2) is 3.99. The Hall–Kier alpha value is -1.43. The largest absolute Gasteiger partial charge is 0.377 e. The second-order valence-electron chi connectivity index (χ2n) is 2.74. The third-order valence-electron chi connectivity index (χ3n) is 1.36. The van der Waals surface area contributed by atoms with E-state index in [0.717, 1.165) is 0 Å². The lowest BCUT2D eigenvalue weighted by atomic mass is 10.6. The molecule has 0 aliphatic heterocycles. The molecule has 0 fully saturated rings. The summed E-state index contributed by atoms with van der Waals surface area (Å²) in [6.07, 6.45) is 0. The van der Waals surface area contributed by atoms with Gasteiger partial charge in [0.25, 0.3) is 0 Å². The van der Waals surface area contributed by atoms with Crippen LogP contribution in [0.25, 0.3) is 0 Å². The molecule has 2 N–H and O–H groups in total. The zero-order valence-corrected chi connectivity index (χ0v) is 7.98. The van der Waals surface area contributed by atoms with Gasteiger partial charge in [0.2, 0.25) is 11.9 Å². The molecule has 0 aliphatic carbocycles. The van der Waals surface area contributed by atoms with Crippen molar-refractivity contribution in [1.29, 1.82) is 0 Å². The van der Waals surface area contributed by atoms with Crippen molar-refractivity contribution in [2.24, 2.45) is 0 Å². The summed E-state index contributed by atoms with van der Waals surface area (Å²) in [5.74, 6) is 1.30. The zero-order chi connectivity index (χ0) is 9.84. The average molecular weight is 183 g/mol. The number of methoxy groups -OCH3 is 1. The van der Waals surface area contributed by atoms with Crippen molar-refractivity contribution in [3.8, 4) is 0 Å². The highest BCUT2D eigenvalue weighted by Crippen LogP contribution is 2.05. The van der Waals surface area contributed by atoms with Crippen LogP contribution in [0.2, 0.25) is 0 Å². The molecule has 1 rings (SSSR count). The molecular formula is C7H13N5O. The third kappa shape index (κ3) is 2.51. The Morgan fingerprint density at radius 2 is 2.00 bits per heavy atom. The lowest BCUT2D eigenvalue weighted by Crippen LogP contribution is -2.16. The van der Waals surface area contributed by atoms with Gasteiger partial charge in [-0.1, -0.05) is 0 Å². The number of nitrogen functional groups attached to an aromatic ring is 1. The predicted molar refractivity (Wildman–Crippen MR) is 49.3 cm³/mol. The fraction of sp³-hybridized carbons (Fsp3) is 0.571. The van der Waals surface area contributed by atoms with E-state index in [2.05, 4.69) is 15.0 Å². The molecule has 0 aromatic carbocycles. The van der Waals surface area contributed by atoms with E-state index < -0.39 is 0 Å². The van der Waals surface area contributed by atoms with Crippen LogP contribution in [0.1, 0.15) is 5.82 Å². The number of anilines is 2. The predicted octanol–water partition coefficient (Wildman–Crippen LogP) is -0.334. The van der Waals surface area contributed by atoms with Crippen LogP contribution < -0.4 is 10.6 Å². The zero-order valence-electron chi connectivity index (χ0n) is 7.98. The van der Waals surface area contributed by atoms with Gasteiger partial charge in [-0.25, -0.2) is 0 Å². The number of rotatable bonds is 3. The summed E-state index contributed by atoms with van der Waals surface area (Å²) < 4.78 is 4.89. The fourth-order valence-corrected chi connectivity index (χ4v) is 0.819. The molecule has 0 saturated heterocycles. The second-order valence-corrected chi connectivity index (χ2v) is 2.74. The molecule has 0 unspecified atom stereocenters. The van der Waals surface area contributed by atoms with E-state index in [9.17, 15) is 0 Å². The first-order valence-electron chi connectivity index (χ1n) is 3.80. The molecule has 0 atom stereocenters. The summed E-state index contributed by atoms with van der Waals surface area (Å²) in [7, 11) is 5.26. The maximum absolute atomic E-state index is 5.48. The van der Waals surface area contributed by atoms with Crippen molar-refractivity contribution >= 4 is 11.9 Å². The Morgan fingerprint density at radius 3 is 2.54 bits per heavy atom. The first-order valence-corrected chi connectivity index (χ1v) is 3.80. The van der Waals surface area contributed by atoms with E-state index in [1.54, 1.807) is 12.0 Å². The van der Waals surface area contributed by atoms with Crippen molar-refractivity contribution in [3.05, 3.63) is 5.82 Å². The van der Waals surface area contributed by atoms with Crippen molar-refractivity contribution in [2.75, 3.05) is 31.8 Å². The molecule has 6 nitrogen and oxygen atoms in total. The molecule has 1 aromatic rings. The number of hydrogen-bond donors (Lipinski definition) is 1. The Labute approximate surface area is 76.8 Å². The SMILES string of the molecule is COCc1nc(N)nc(N(C)C)n1. The number of nitrogens with zero attached hydrogens (tertiary/aromatic N) is 4. The molecule has 0 aliphatic rings. The lowest BCUT2D eigenvalue weighted by molar-refractivity contribution is 0.177. The first-order chi connectivity index (χ1) is 6.13. The van der Waals surface area contributed by atoms with E-state index in [4.69, 9.17) is 10.5 Å². The Morgan fingerprint density at radius 1 is 1.31 bits per heavy atom. The quantitative estimate of drug-likeness (QED) is 0.691. The fourth-order valence-electron chi connectivity index (χ4n) is 0.819. The van der Waals surface area contributed by atoms with Crippen LogP contribution in [0.3, 0.4) is 0 Å². The van der Waals surface area contributed by atoms with Gasteiger partial charge in [-0.3, -0.25) is 0 Å². The van der Waals surface area contributed by atoms with E-state index >= 15 is 0 Å². The van der Waals surface area contributed by atoms with Crippen molar-refractivity contribution in [3.63, 3.8) is 0 Å². The number of hydrogen-bond acceptors (Lipinski definition) is 6. The van der Waals surface area contributed by atoms with Gasteiger partial charge in [0.05, 0.1) is 0 Å². The van der Waals surface area contributed by atoms with Crippen molar-refractivity contribution < 1.29 is 4.74 Å². The summed E-state index contributed by atoms with van der Waals surface area (Å²) >= 11 is 0. The van der Waals surface area contributed by atoms with Gasteiger partial charge in [-0.2, -0.15) is 15.0 Å². The minimum Gasteiger partial charge on any atom is -0.377 e. The molecule has 6 heteroatoms. The van der Waals surface area contributed by atoms with Gasteiger partial charge in [0, 0.05) is 21.2 Å². The van der Waals surface area contributed by atoms with E-state index in [-0.39, 0.29) is 5.95 Å². The van der Waals surface area contributed by atoms with E-state index in [0.29, 0.717) is 18.4 Å². The van der Waals surface area contributed by atoms with Gasteiger partial charge in [-0.15, -0.1) is 0 Å². The highest BCUT2D eigenvalue weighted by molar-refractivity contribution is 5.32. The molecule has 1 heterocycles. The Bertz CT molecular complexity index is 288. The standard InChI is InChI=1S/C7H13N5O/c1-12(2)7-10-5(4-13-3)9-6(8)11-7/h4H2,1-3H3,(H2,8,9,10,11). The minimum absolute atomic E-state index is 0.214.